The van der Waals surface area contributed by atoms with Gasteiger partial charge in [-0.1, -0.05) is 52.5 Å². The molecule has 0 aromatic rings. The van der Waals surface area contributed by atoms with Gasteiger partial charge in [0.2, 0.25) is 0 Å². The van der Waals surface area contributed by atoms with Gasteiger partial charge in [0.15, 0.2) is 0 Å². The van der Waals surface area contributed by atoms with E-state index in [1.54, 1.807) is 11.1 Å². The first kappa shape index (κ1) is 22.4. The van der Waals surface area contributed by atoms with Crippen molar-refractivity contribution in [2.75, 3.05) is 0 Å². The number of rotatable bonds is 9. The minimum atomic E-state index is -0.150. The SMILES string of the molecule is CC(C)OC(=O)CCCC#CC#CCCCCCCC#C/C=C/Br. The van der Waals surface area contributed by atoms with E-state index >= 15 is 0 Å². The van der Waals surface area contributed by atoms with Crippen molar-refractivity contribution in [3.63, 3.8) is 0 Å². The third kappa shape index (κ3) is 18.4. The van der Waals surface area contributed by atoms with Crippen LogP contribution in [-0.4, -0.2) is 12.1 Å². The van der Waals surface area contributed by atoms with Crippen LogP contribution >= 0.6 is 15.9 Å². The van der Waals surface area contributed by atoms with E-state index in [-0.39, 0.29) is 12.1 Å². The maximum atomic E-state index is 11.3. The molecule has 0 spiro atoms. The van der Waals surface area contributed by atoms with Gasteiger partial charge in [-0.05, 0) is 56.0 Å². The fourth-order valence-electron chi connectivity index (χ4n) is 1.80. The molecule has 0 aromatic carbocycles. The summed E-state index contributed by atoms with van der Waals surface area (Å²) in [5.74, 6) is 17.6. The van der Waals surface area contributed by atoms with Gasteiger partial charge in [0.1, 0.15) is 0 Å². The van der Waals surface area contributed by atoms with Crippen molar-refractivity contribution in [3.05, 3.63) is 11.1 Å². The summed E-state index contributed by atoms with van der Waals surface area (Å²) in [5, 5.41) is 0. The van der Waals surface area contributed by atoms with Gasteiger partial charge in [0.05, 0.1) is 6.10 Å². The van der Waals surface area contributed by atoms with Crippen LogP contribution in [0.3, 0.4) is 0 Å². The van der Waals surface area contributed by atoms with Crippen molar-refractivity contribution in [1.82, 2.24) is 0 Å². The van der Waals surface area contributed by atoms with Crippen LogP contribution in [0.5, 0.6) is 0 Å². The van der Waals surface area contributed by atoms with Crippen LogP contribution < -0.4 is 0 Å². The molecule has 0 N–H and O–H groups in total. The smallest absolute Gasteiger partial charge is 0.306 e. The molecule has 0 heterocycles. The number of carbonyl (C=O) groups excluding carboxylic acids is 1. The average Bonchev–Trinajstić information content (AvgIpc) is 2.53. The third-order valence-electron chi connectivity index (χ3n) is 2.89. The fourth-order valence-corrected chi connectivity index (χ4v) is 1.93. The predicted molar refractivity (Wildman–Crippen MR) is 104 cm³/mol. The lowest BCUT2D eigenvalue weighted by Gasteiger charge is -2.06. The molecule has 24 heavy (non-hydrogen) atoms. The van der Waals surface area contributed by atoms with E-state index < -0.39 is 0 Å². The average molecular weight is 391 g/mol. The second-order valence-corrected chi connectivity index (χ2v) is 6.05. The van der Waals surface area contributed by atoms with Crippen LogP contribution in [0.1, 0.15) is 71.6 Å². The van der Waals surface area contributed by atoms with Gasteiger partial charge in [-0.2, -0.15) is 0 Å². The van der Waals surface area contributed by atoms with Crippen LogP contribution in [0.4, 0.5) is 0 Å². The molecule has 0 aliphatic rings. The fraction of sp³-hybridized carbons (Fsp3) is 0.571. The van der Waals surface area contributed by atoms with Crippen LogP contribution in [0.15, 0.2) is 11.1 Å². The van der Waals surface area contributed by atoms with E-state index in [0.717, 1.165) is 32.1 Å². The maximum absolute atomic E-state index is 11.3. The van der Waals surface area contributed by atoms with E-state index in [4.69, 9.17) is 4.74 Å². The molecule has 0 atom stereocenters. The van der Waals surface area contributed by atoms with E-state index in [9.17, 15) is 4.79 Å². The van der Waals surface area contributed by atoms with Gasteiger partial charge in [0, 0.05) is 25.7 Å². The number of esters is 1. The Kier molecular flexibility index (Phi) is 16.5. The molecular weight excluding hydrogens is 364 g/mol. The Bertz CT molecular complexity index is 542. The number of allylic oxidation sites excluding steroid dienone is 1. The van der Waals surface area contributed by atoms with Crippen LogP contribution in [0.25, 0.3) is 0 Å². The number of ether oxygens (including phenoxy) is 1. The first-order valence-electron chi connectivity index (χ1n) is 8.55. The predicted octanol–water partition coefficient (Wildman–Crippen LogP) is 5.37. The summed E-state index contributed by atoms with van der Waals surface area (Å²) in [5.41, 5.74) is 0. The monoisotopic (exact) mass is 390 g/mol. The Morgan fingerprint density at radius 3 is 2.12 bits per heavy atom. The molecule has 0 aliphatic carbocycles. The zero-order valence-electron chi connectivity index (χ0n) is 14.8. The van der Waals surface area contributed by atoms with Crippen molar-refractivity contribution in [1.29, 1.82) is 0 Å². The zero-order valence-corrected chi connectivity index (χ0v) is 16.4. The quantitative estimate of drug-likeness (QED) is 0.300. The summed E-state index contributed by atoms with van der Waals surface area (Å²) < 4.78 is 5.05. The zero-order chi connectivity index (χ0) is 17.9. The summed E-state index contributed by atoms with van der Waals surface area (Å²) >= 11 is 3.18. The lowest BCUT2D eigenvalue weighted by atomic mass is 10.1. The first-order valence-corrected chi connectivity index (χ1v) is 9.47. The molecule has 0 saturated heterocycles. The molecule has 3 heteroatoms. The van der Waals surface area contributed by atoms with Crippen molar-refractivity contribution in [2.24, 2.45) is 0 Å². The molecule has 0 amide bonds. The minimum absolute atomic E-state index is 0.0428. The summed E-state index contributed by atoms with van der Waals surface area (Å²) in [7, 11) is 0. The van der Waals surface area contributed by atoms with E-state index in [0.29, 0.717) is 12.8 Å². The van der Waals surface area contributed by atoms with Gasteiger partial charge in [-0.3, -0.25) is 4.79 Å². The normalized spacial score (nSPS) is 9.50. The van der Waals surface area contributed by atoms with E-state index in [1.165, 1.54) is 12.8 Å². The molecule has 0 unspecified atom stereocenters. The summed E-state index contributed by atoms with van der Waals surface area (Å²) in [6.07, 6.45) is 10.1. The summed E-state index contributed by atoms with van der Waals surface area (Å²) in [4.78, 5) is 13.1. The van der Waals surface area contributed by atoms with Crippen LogP contribution in [0.2, 0.25) is 0 Å². The van der Waals surface area contributed by atoms with Gasteiger partial charge in [-0.15, -0.1) is 0 Å². The molecule has 0 rings (SSSR count). The summed E-state index contributed by atoms with van der Waals surface area (Å²) in [6, 6.07) is 0. The molecular formula is C21H27BrO2. The molecule has 0 bridgehead atoms. The maximum Gasteiger partial charge on any atom is 0.306 e. The van der Waals surface area contributed by atoms with Crippen molar-refractivity contribution >= 4 is 21.9 Å². The van der Waals surface area contributed by atoms with Crippen molar-refractivity contribution < 1.29 is 9.53 Å². The van der Waals surface area contributed by atoms with Gasteiger partial charge in [0.25, 0.3) is 0 Å². The first-order chi connectivity index (χ1) is 11.7. The topological polar surface area (TPSA) is 26.3 Å². The standard InChI is InChI=1S/C21H27BrO2/c1-20(2)24-21(23)18-16-14-12-10-8-6-4-3-5-7-9-11-13-15-17-19-22/h17,19-20H,3-5,7,9,11,14,16,18H2,1-2H3/b19-17+. The van der Waals surface area contributed by atoms with Gasteiger partial charge < -0.3 is 4.74 Å². The Morgan fingerprint density at radius 1 is 0.958 bits per heavy atom. The highest BCUT2D eigenvalue weighted by Gasteiger charge is 2.03. The number of hydrogen-bond acceptors (Lipinski definition) is 2. The highest BCUT2D eigenvalue weighted by atomic mass is 79.9. The lowest BCUT2D eigenvalue weighted by Crippen LogP contribution is -2.10. The Hall–Kier alpha value is -1.63. The van der Waals surface area contributed by atoms with Gasteiger partial charge in [-0.25, -0.2) is 0 Å². The lowest BCUT2D eigenvalue weighted by molar-refractivity contribution is -0.147. The summed E-state index contributed by atoms with van der Waals surface area (Å²) in [6.45, 7) is 3.70. The second kappa shape index (κ2) is 17.7. The number of halogens is 1. The van der Waals surface area contributed by atoms with Crippen molar-refractivity contribution in [3.8, 4) is 35.5 Å². The number of carbonyl (C=O) groups is 1. The molecule has 0 saturated carbocycles. The largest absolute Gasteiger partial charge is 0.463 e. The Labute approximate surface area is 155 Å². The highest BCUT2D eigenvalue weighted by molar-refractivity contribution is 9.11. The number of unbranched alkanes of at least 4 members (excludes halogenated alkanes) is 6. The number of hydrogen-bond donors (Lipinski definition) is 0. The molecule has 130 valence electrons. The van der Waals surface area contributed by atoms with Crippen LogP contribution in [-0.2, 0) is 9.53 Å². The van der Waals surface area contributed by atoms with Crippen molar-refractivity contribution in [2.45, 2.75) is 77.7 Å². The third-order valence-corrected chi connectivity index (χ3v) is 3.16. The van der Waals surface area contributed by atoms with Crippen LogP contribution in [0, 0.1) is 35.5 Å². The molecule has 0 aliphatic heterocycles. The highest BCUT2D eigenvalue weighted by Crippen LogP contribution is 2.04. The molecule has 2 nitrogen and oxygen atoms in total. The van der Waals surface area contributed by atoms with E-state index in [1.807, 2.05) is 13.8 Å². The Balaban J connectivity index is 3.49. The molecule has 0 radical (unpaired) electrons. The Morgan fingerprint density at radius 2 is 1.54 bits per heavy atom. The van der Waals surface area contributed by atoms with Gasteiger partial charge >= 0.3 is 5.97 Å². The second-order valence-electron chi connectivity index (χ2n) is 5.52. The molecule has 0 fully saturated rings. The molecule has 0 aromatic heterocycles. The van der Waals surface area contributed by atoms with E-state index in [2.05, 4.69) is 51.5 Å². The minimum Gasteiger partial charge on any atom is -0.463 e.